The Kier molecular flexibility index (Phi) is 5.04. The molecule has 0 spiro atoms. The second kappa shape index (κ2) is 6.84. The Morgan fingerprint density at radius 1 is 1.00 bits per heavy atom. The van der Waals surface area contributed by atoms with Crippen molar-refractivity contribution < 1.29 is 5.11 Å². The lowest BCUT2D eigenvalue weighted by atomic mass is 9.75. The van der Waals surface area contributed by atoms with Crippen LogP contribution in [0, 0.1) is 0 Å². The number of nitrogens with one attached hydrogen (secondary N) is 1. The van der Waals surface area contributed by atoms with E-state index in [-0.39, 0.29) is 16.2 Å². The van der Waals surface area contributed by atoms with Gasteiger partial charge in [-0.05, 0) is 47.4 Å². The zero-order chi connectivity index (χ0) is 19.1. The van der Waals surface area contributed by atoms with Crippen LogP contribution < -0.4 is 5.32 Å². The molecule has 140 valence electrons. The number of fused-ring (bicyclic) bond motifs is 1. The van der Waals surface area contributed by atoms with Crippen molar-refractivity contribution in [3.8, 4) is 5.75 Å². The fraction of sp³-hybridized carbons (Fsp3) is 0.478. The van der Waals surface area contributed by atoms with Crippen molar-refractivity contribution in [1.82, 2.24) is 0 Å². The molecular formula is C23H31NOS. The molecule has 0 aliphatic carbocycles. The summed E-state index contributed by atoms with van der Waals surface area (Å²) < 4.78 is 0. The van der Waals surface area contributed by atoms with Crippen molar-refractivity contribution in [3.05, 3.63) is 53.1 Å². The minimum atomic E-state index is -0.0607. The van der Waals surface area contributed by atoms with Crippen molar-refractivity contribution in [2.45, 2.75) is 75.5 Å². The third-order valence-electron chi connectivity index (χ3n) is 6.12. The Bertz CT molecular complexity index is 785. The largest absolute Gasteiger partial charge is 0.507 e. The average molecular weight is 370 g/mol. The third kappa shape index (κ3) is 3.34. The number of hydrogen-bond acceptors (Lipinski definition) is 3. The van der Waals surface area contributed by atoms with Crippen molar-refractivity contribution >= 4 is 17.4 Å². The highest BCUT2D eigenvalue weighted by Crippen LogP contribution is 2.51. The zero-order valence-electron chi connectivity index (χ0n) is 16.8. The number of para-hydroxylation sites is 1. The van der Waals surface area contributed by atoms with Gasteiger partial charge in [-0.25, -0.2) is 0 Å². The van der Waals surface area contributed by atoms with Gasteiger partial charge in [-0.2, -0.15) is 0 Å². The van der Waals surface area contributed by atoms with Crippen molar-refractivity contribution in [1.29, 1.82) is 0 Å². The van der Waals surface area contributed by atoms with Gasteiger partial charge in [-0.15, -0.1) is 0 Å². The van der Waals surface area contributed by atoms with E-state index in [2.05, 4.69) is 83.3 Å². The summed E-state index contributed by atoms with van der Waals surface area (Å²) in [6, 6.07) is 12.8. The average Bonchev–Trinajstić information content (AvgIpc) is 3.05. The van der Waals surface area contributed by atoms with E-state index in [0.717, 1.165) is 29.7 Å². The Hall–Kier alpha value is -1.61. The summed E-state index contributed by atoms with van der Waals surface area (Å²) in [6.45, 7) is 13.4. The summed E-state index contributed by atoms with van der Waals surface area (Å²) >= 11 is 1.79. The van der Waals surface area contributed by atoms with E-state index in [1.54, 1.807) is 11.8 Å². The minimum Gasteiger partial charge on any atom is -0.507 e. The second-order valence-electron chi connectivity index (χ2n) is 8.57. The molecule has 1 atom stereocenters. The molecule has 0 fully saturated rings. The lowest BCUT2D eigenvalue weighted by molar-refractivity contribution is 0.420. The lowest BCUT2D eigenvalue weighted by Crippen LogP contribution is -2.21. The Balaban J connectivity index is 2.13. The van der Waals surface area contributed by atoms with E-state index in [0.29, 0.717) is 5.75 Å². The van der Waals surface area contributed by atoms with Gasteiger partial charge in [0, 0.05) is 21.7 Å². The van der Waals surface area contributed by atoms with Crippen LogP contribution >= 0.6 is 11.8 Å². The summed E-state index contributed by atoms with van der Waals surface area (Å²) in [6.07, 6.45) is 2.05. The van der Waals surface area contributed by atoms with Crippen molar-refractivity contribution in [2.24, 2.45) is 0 Å². The number of aromatic hydroxyl groups is 1. The molecule has 2 aromatic rings. The molecule has 0 radical (unpaired) electrons. The summed E-state index contributed by atoms with van der Waals surface area (Å²) in [4.78, 5) is 1.24. The first-order chi connectivity index (χ1) is 12.2. The van der Waals surface area contributed by atoms with Gasteiger partial charge in [-0.1, -0.05) is 71.5 Å². The van der Waals surface area contributed by atoms with E-state index >= 15 is 0 Å². The topological polar surface area (TPSA) is 32.3 Å². The van der Waals surface area contributed by atoms with Crippen LogP contribution in [-0.2, 0) is 10.8 Å². The van der Waals surface area contributed by atoms with Gasteiger partial charge < -0.3 is 10.4 Å². The summed E-state index contributed by atoms with van der Waals surface area (Å²) in [5.41, 5.74) is 4.54. The van der Waals surface area contributed by atoms with E-state index < -0.39 is 0 Å². The predicted molar refractivity (Wildman–Crippen MR) is 113 cm³/mol. The van der Waals surface area contributed by atoms with Crippen LogP contribution in [0.3, 0.4) is 0 Å². The van der Waals surface area contributed by atoms with Crippen molar-refractivity contribution in [3.63, 3.8) is 0 Å². The molecule has 1 unspecified atom stereocenters. The summed E-state index contributed by atoms with van der Waals surface area (Å²) in [7, 11) is 0. The molecule has 2 N–H and O–H groups in total. The molecule has 1 heterocycles. The number of anilines is 1. The highest BCUT2D eigenvalue weighted by atomic mass is 32.2. The van der Waals surface area contributed by atoms with Gasteiger partial charge in [0.25, 0.3) is 0 Å². The number of benzene rings is 2. The monoisotopic (exact) mass is 369 g/mol. The van der Waals surface area contributed by atoms with Crippen LogP contribution in [0.15, 0.2) is 41.3 Å². The van der Waals surface area contributed by atoms with Crippen LogP contribution in [0.5, 0.6) is 5.75 Å². The van der Waals surface area contributed by atoms with Crippen LogP contribution in [0.2, 0.25) is 0 Å². The Morgan fingerprint density at radius 3 is 2.27 bits per heavy atom. The van der Waals surface area contributed by atoms with E-state index in [4.69, 9.17) is 0 Å². The molecule has 3 heteroatoms. The number of rotatable bonds is 5. The molecule has 0 aromatic heterocycles. The maximum Gasteiger partial charge on any atom is 0.125 e. The lowest BCUT2D eigenvalue weighted by Gasteiger charge is -2.31. The van der Waals surface area contributed by atoms with E-state index in [1.807, 2.05) is 0 Å². The predicted octanol–water partition coefficient (Wildman–Crippen LogP) is 6.98. The standard InChI is InChI=1S/C23H31NOS/c1-7-22(3,4)15-13-16(20(25)17(14-15)23(5,6)8-2)21-24-18-11-9-10-12-19(18)26-21/h9-14,21,24-25H,7-8H2,1-6H3. The summed E-state index contributed by atoms with van der Waals surface area (Å²) in [5, 5.41) is 14.8. The van der Waals surface area contributed by atoms with Gasteiger partial charge in [0.15, 0.2) is 0 Å². The molecule has 0 saturated carbocycles. The Morgan fingerprint density at radius 2 is 1.65 bits per heavy atom. The number of thioether (sulfide) groups is 1. The van der Waals surface area contributed by atoms with Crippen LogP contribution in [-0.4, -0.2) is 5.11 Å². The first-order valence-corrected chi connectivity index (χ1v) is 10.5. The fourth-order valence-electron chi connectivity index (χ4n) is 3.29. The first kappa shape index (κ1) is 19.2. The van der Waals surface area contributed by atoms with Gasteiger partial charge >= 0.3 is 0 Å². The summed E-state index contributed by atoms with van der Waals surface area (Å²) in [5.74, 6) is 0.449. The van der Waals surface area contributed by atoms with Crippen LogP contribution in [0.4, 0.5) is 5.69 Å². The smallest absolute Gasteiger partial charge is 0.125 e. The molecular weight excluding hydrogens is 338 g/mol. The van der Waals surface area contributed by atoms with Gasteiger partial charge in [-0.3, -0.25) is 0 Å². The van der Waals surface area contributed by atoms with E-state index in [9.17, 15) is 5.11 Å². The van der Waals surface area contributed by atoms with Crippen molar-refractivity contribution in [2.75, 3.05) is 5.32 Å². The second-order valence-corrected chi connectivity index (χ2v) is 9.72. The van der Waals surface area contributed by atoms with Crippen LogP contribution in [0.1, 0.15) is 76.4 Å². The normalized spacial score (nSPS) is 17.1. The quantitative estimate of drug-likeness (QED) is 0.596. The molecule has 0 bridgehead atoms. The van der Waals surface area contributed by atoms with E-state index in [1.165, 1.54) is 10.5 Å². The molecule has 1 aliphatic rings. The maximum atomic E-state index is 11.2. The first-order valence-electron chi connectivity index (χ1n) is 9.59. The highest BCUT2D eigenvalue weighted by Gasteiger charge is 2.32. The molecule has 0 saturated heterocycles. The molecule has 1 aliphatic heterocycles. The SMILES string of the molecule is CCC(C)(C)c1cc(C2Nc3ccccc3S2)c(O)c(C(C)(C)CC)c1. The molecule has 2 aromatic carbocycles. The zero-order valence-corrected chi connectivity index (χ0v) is 17.6. The number of phenols is 1. The fourth-order valence-corrected chi connectivity index (χ4v) is 4.44. The van der Waals surface area contributed by atoms with Crippen LogP contribution in [0.25, 0.3) is 0 Å². The molecule has 26 heavy (non-hydrogen) atoms. The Labute approximate surface area is 162 Å². The number of phenolic OH excluding ortho intramolecular Hbond substituents is 1. The molecule has 0 amide bonds. The minimum absolute atomic E-state index is 0.0476. The molecule has 3 rings (SSSR count). The molecule has 2 nitrogen and oxygen atoms in total. The van der Waals surface area contributed by atoms with Gasteiger partial charge in [0.1, 0.15) is 11.1 Å². The number of hydrogen-bond donors (Lipinski definition) is 2. The van der Waals surface area contributed by atoms with Gasteiger partial charge in [0.05, 0.1) is 0 Å². The third-order valence-corrected chi connectivity index (χ3v) is 7.34. The maximum absolute atomic E-state index is 11.2. The highest BCUT2D eigenvalue weighted by molar-refractivity contribution is 8.00. The van der Waals surface area contributed by atoms with Gasteiger partial charge in [0.2, 0.25) is 0 Å².